The first-order chi connectivity index (χ1) is 12.5. The van der Waals surface area contributed by atoms with E-state index < -0.39 is 5.82 Å². The minimum Gasteiger partial charge on any atom is -0.493 e. The molecule has 0 saturated carbocycles. The summed E-state index contributed by atoms with van der Waals surface area (Å²) in [6.45, 7) is 2.37. The first-order valence-corrected chi connectivity index (χ1v) is 8.53. The number of rotatable bonds is 8. The minimum atomic E-state index is -0.425. The van der Waals surface area contributed by atoms with Gasteiger partial charge >= 0.3 is 0 Å². The molecule has 5 nitrogen and oxygen atoms in total. The lowest BCUT2D eigenvalue weighted by molar-refractivity contribution is -0.121. The number of hydrogen-bond donors (Lipinski definition) is 2. The smallest absolute Gasteiger partial charge is 0.251 e. The minimum absolute atomic E-state index is 0.184. The number of carbonyl (C=O) groups excluding carboxylic acids is 2. The summed E-state index contributed by atoms with van der Waals surface area (Å²) in [6.07, 6.45) is 0.184. The van der Waals surface area contributed by atoms with Crippen LogP contribution in [0.15, 0.2) is 42.5 Å². The Morgan fingerprint density at radius 1 is 1.12 bits per heavy atom. The van der Waals surface area contributed by atoms with E-state index in [-0.39, 0.29) is 43.5 Å². The Morgan fingerprint density at radius 2 is 1.88 bits per heavy atom. The molecule has 0 aliphatic heterocycles. The van der Waals surface area contributed by atoms with Gasteiger partial charge in [0, 0.05) is 23.7 Å². The Kier molecular flexibility index (Phi) is 7.41. The fraction of sp³-hybridized carbons (Fsp3) is 0.263. The number of halogens is 2. The van der Waals surface area contributed by atoms with Gasteiger partial charge in [0.2, 0.25) is 5.91 Å². The molecule has 0 spiro atoms. The molecule has 2 N–H and O–H groups in total. The SMILES string of the molecule is Cc1ccc(C(=O)NCCNC(=O)CCOc2cccc(Cl)c2)cc1F. The molecule has 0 atom stereocenters. The molecule has 0 aromatic heterocycles. The fourth-order valence-corrected chi connectivity index (χ4v) is 2.30. The molecule has 0 radical (unpaired) electrons. The highest BCUT2D eigenvalue weighted by Gasteiger charge is 2.08. The molecule has 0 heterocycles. The van der Waals surface area contributed by atoms with Crippen LogP contribution in [0.1, 0.15) is 22.3 Å². The standard InChI is InChI=1S/C19H20ClFN2O3/c1-13-5-6-14(11-17(13)21)19(25)23-9-8-22-18(24)7-10-26-16-4-2-3-15(20)12-16/h2-6,11-12H,7-10H2,1H3,(H,22,24)(H,23,25). The van der Waals surface area contributed by atoms with Crippen LogP contribution in [0.2, 0.25) is 5.02 Å². The molecule has 0 bridgehead atoms. The molecule has 0 saturated heterocycles. The molecule has 7 heteroatoms. The van der Waals surface area contributed by atoms with Crippen molar-refractivity contribution in [1.82, 2.24) is 10.6 Å². The number of hydrogen-bond acceptors (Lipinski definition) is 3. The molecule has 0 aliphatic rings. The first kappa shape index (κ1) is 19.7. The summed E-state index contributed by atoms with van der Waals surface area (Å²) in [4.78, 5) is 23.6. The van der Waals surface area contributed by atoms with Crippen LogP contribution in [-0.4, -0.2) is 31.5 Å². The maximum atomic E-state index is 13.4. The number of carbonyl (C=O) groups is 2. The van der Waals surface area contributed by atoms with E-state index in [0.29, 0.717) is 16.3 Å². The lowest BCUT2D eigenvalue weighted by Crippen LogP contribution is -2.35. The van der Waals surface area contributed by atoms with E-state index in [1.54, 1.807) is 43.3 Å². The summed E-state index contributed by atoms with van der Waals surface area (Å²) < 4.78 is 18.9. The highest BCUT2D eigenvalue weighted by atomic mass is 35.5. The summed E-state index contributed by atoms with van der Waals surface area (Å²) in [7, 11) is 0. The van der Waals surface area contributed by atoms with Crippen LogP contribution >= 0.6 is 11.6 Å². The number of amides is 2. The largest absolute Gasteiger partial charge is 0.493 e. The van der Waals surface area contributed by atoms with Crippen LogP contribution in [0.4, 0.5) is 4.39 Å². The molecular formula is C19H20ClFN2O3. The molecule has 26 heavy (non-hydrogen) atoms. The maximum Gasteiger partial charge on any atom is 0.251 e. The van der Waals surface area contributed by atoms with E-state index in [4.69, 9.17) is 16.3 Å². The van der Waals surface area contributed by atoms with Crippen molar-refractivity contribution >= 4 is 23.4 Å². The zero-order valence-electron chi connectivity index (χ0n) is 14.4. The Balaban J connectivity index is 1.62. The van der Waals surface area contributed by atoms with Gasteiger partial charge in [0.1, 0.15) is 11.6 Å². The summed E-state index contributed by atoms with van der Waals surface area (Å²) in [5.41, 5.74) is 0.725. The average Bonchev–Trinajstić information content (AvgIpc) is 2.61. The molecule has 0 fully saturated rings. The van der Waals surface area contributed by atoms with E-state index in [0.717, 1.165) is 0 Å². The van der Waals surface area contributed by atoms with E-state index in [9.17, 15) is 14.0 Å². The van der Waals surface area contributed by atoms with Gasteiger partial charge in [-0.3, -0.25) is 9.59 Å². The van der Waals surface area contributed by atoms with Crippen LogP contribution < -0.4 is 15.4 Å². The molecule has 2 amide bonds. The van der Waals surface area contributed by atoms with Crippen LogP contribution in [0.5, 0.6) is 5.75 Å². The summed E-state index contributed by atoms with van der Waals surface area (Å²) in [6, 6.07) is 11.2. The highest BCUT2D eigenvalue weighted by molar-refractivity contribution is 6.30. The molecule has 2 aromatic rings. The number of benzene rings is 2. The monoisotopic (exact) mass is 378 g/mol. The van der Waals surface area contributed by atoms with Crippen LogP contribution in [0, 0.1) is 12.7 Å². The summed E-state index contributed by atoms with van der Waals surface area (Å²) in [5, 5.41) is 5.86. The third kappa shape index (κ3) is 6.37. The second kappa shape index (κ2) is 9.77. The summed E-state index contributed by atoms with van der Waals surface area (Å²) >= 11 is 5.84. The molecule has 2 rings (SSSR count). The molecule has 0 unspecified atom stereocenters. The topological polar surface area (TPSA) is 67.4 Å². The second-order valence-electron chi connectivity index (χ2n) is 5.63. The Bertz CT molecular complexity index is 783. The Labute approximate surface area is 156 Å². The van der Waals surface area contributed by atoms with Gasteiger partial charge in [0.25, 0.3) is 5.91 Å². The number of ether oxygens (including phenoxy) is 1. The van der Waals surface area contributed by atoms with Gasteiger partial charge in [0.15, 0.2) is 0 Å². The van der Waals surface area contributed by atoms with Gasteiger partial charge in [-0.05, 0) is 42.8 Å². The lowest BCUT2D eigenvalue weighted by atomic mass is 10.1. The molecule has 138 valence electrons. The van der Waals surface area contributed by atoms with Crippen molar-refractivity contribution in [1.29, 1.82) is 0 Å². The van der Waals surface area contributed by atoms with Gasteiger partial charge < -0.3 is 15.4 Å². The van der Waals surface area contributed by atoms with Crippen LogP contribution in [0.25, 0.3) is 0 Å². The van der Waals surface area contributed by atoms with Gasteiger partial charge in [-0.2, -0.15) is 0 Å². The van der Waals surface area contributed by atoms with E-state index in [2.05, 4.69) is 10.6 Å². The van der Waals surface area contributed by atoms with Gasteiger partial charge in [-0.1, -0.05) is 23.7 Å². The van der Waals surface area contributed by atoms with Crippen molar-refractivity contribution < 1.29 is 18.7 Å². The van der Waals surface area contributed by atoms with Gasteiger partial charge in [-0.25, -0.2) is 4.39 Å². The fourth-order valence-electron chi connectivity index (χ4n) is 2.12. The predicted octanol–water partition coefficient (Wildman–Crippen LogP) is 3.10. The van der Waals surface area contributed by atoms with Gasteiger partial charge in [-0.15, -0.1) is 0 Å². The Morgan fingerprint density at radius 3 is 2.62 bits per heavy atom. The summed E-state index contributed by atoms with van der Waals surface area (Å²) in [5.74, 6) is -0.404. The molecule has 0 aliphatic carbocycles. The van der Waals surface area contributed by atoms with E-state index in [1.165, 1.54) is 6.07 Å². The van der Waals surface area contributed by atoms with Crippen molar-refractivity contribution in [3.8, 4) is 5.75 Å². The van der Waals surface area contributed by atoms with Crippen molar-refractivity contribution in [2.75, 3.05) is 19.7 Å². The highest BCUT2D eigenvalue weighted by Crippen LogP contribution is 2.17. The van der Waals surface area contributed by atoms with Crippen molar-refractivity contribution in [2.45, 2.75) is 13.3 Å². The average molecular weight is 379 g/mol. The normalized spacial score (nSPS) is 10.3. The number of aryl methyl sites for hydroxylation is 1. The van der Waals surface area contributed by atoms with Crippen molar-refractivity contribution in [3.63, 3.8) is 0 Å². The van der Waals surface area contributed by atoms with Crippen LogP contribution in [0.3, 0.4) is 0 Å². The zero-order valence-corrected chi connectivity index (χ0v) is 15.1. The molecular weight excluding hydrogens is 359 g/mol. The predicted molar refractivity (Wildman–Crippen MR) is 98.0 cm³/mol. The maximum absolute atomic E-state index is 13.4. The van der Waals surface area contributed by atoms with Crippen molar-refractivity contribution in [3.05, 3.63) is 64.4 Å². The van der Waals surface area contributed by atoms with E-state index >= 15 is 0 Å². The lowest BCUT2D eigenvalue weighted by Gasteiger charge is -2.09. The van der Waals surface area contributed by atoms with E-state index in [1.807, 2.05) is 0 Å². The zero-order chi connectivity index (χ0) is 18.9. The Hall–Kier alpha value is -2.60. The molecule has 2 aromatic carbocycles. The van der Waals surface area contributed by atoms with Crippen LogP contribution in [-0.2, 0) is 4.79 Å². The number of nitrogens with one attached hydrogen (secondary N) is 2. The van der Waals surface area contributed by atoms with Gasteiger partial charge in [0.05, 0.1) is 13.0 Å². The van der Waals surface area contributed by atoms with Crippen molar-refractivity contribution in [2.24, 2.45) is 0 Å². The second-order valence-corrected chi connectivity index (χ2v) is 6.06. The first-order valence-electron chi connectivity index (χ1n) is 8.15. The third-order valence-electron chi connectivity index (χ3n) is 3.56. The quantitative estimate of drug-likeness (QED) is 0.693. The third-order valence-corrected chi connectivity index (χ3v) is 3.80.